The second-order valence-electron chi connectivity index (χ2n) is 11.1. The van der Waals surface area contributed by atoms with Crippen molar-refractivity contribution in [1.82, 2.24) is 5.32 Å². The van der Waals surface area contributed by atoms with E-state index in [1.54, 1.807) is 0 Å². The Balaban J connectivity index is 1.05. The van der Waals surface area contributed by atoms with Gasteiger partial charge in [0.15, 0.2) is 0 Å². The second kappa shape index (κ2) is 8.00. The van der Waals surface area contributed by atoms with Crippen molar-refractivity contribution in [3.63, 3.8) is 0 Å². The van der Waals surface area contributed by atoms with E-state index in [1.165, 1.54) is 55.7 Å². The lowest BCUT2D eigenvalue weighted by Gasteiger charge is -2.56. The number of hydrogen-bond acceptors (Lipinski definition) is 5. The molecule has 0 saturated heterocycles. The summed E-state index contributed by atoms with van der Waals surface area (Å²) in [7, 11) is 0. The van der Waals surface area contributed by atoms with Gasteiger partial charge in [0.1, 0.15) is 18.7 Å². The fourth-order valence-corrected chi connectivity index (χ4v) is 7.70. The van der Waals surface area contributed by atoms with Gasteiger partial charge in [0, 0.05) is 23.4 Å². The Morgan fingerprint density at radius 2 is 1.67 bits per heavy atom. The molecule has 6 nitrogen and oxygen atoms in total. The topological polar surface area (TPSA) is 85.6 Å². The largest absolute Gasteiger partial charge is 0.459 e. The van der Waals surface area contributed by atoms with E-state index in [-0.39, 0.29) is 24.5 Å². The van der Waals surface area contributed by atoms with Gasteiger partial charge in [0.2, 0.25) is 5.91 Å². The molecule has 4 saturated carbocycles. The minimum absolute atomic E-state index is 0.00936. The molecule has 4 bridgehead atoms. The van der Waals surface area contributed by atoms with E-state index < -0.39 is 11.6 Å². The molecular formula is C27H31NO5. The molecule has 0 spiro atoms. The molecule has 1 heterocycles. The second-order valence-corrected chi connectivity index (χ2v) is 11.1. The monoisotopic (exact) mass is 449 g/mol. The first kappa shape index (κ1) is 20.9. The fraction of sp³-hybridized carbons (Fsp3) is 0.593. The Labute approximate surface area is 193 Å². The Kier molecular flexibility index (Phi) is 5.07. The molecule has 0 radical (unpaired) electrons. The summed E-state index contributed by atoms with van der Waals surface area (Å²) in [5.41, 5.74) is 3.38. The number of carbonyl (C=O) groups excluding carboxylic acids is 2. The van der Waals surface area contributed by atoms with E-state index >= 15 is 0 Å². The standard InChI is InChI=1S/C27H31NO5/c29-24(13-27-10-16-4-17(11-27)6-18(5-16)12-27)28-14-26(31)32-15-21-9-25(30)33-23-8-20-3-1-2-19(20)7-22(21)23/h7-9,16-18H,1-6,10-15H2,(H,28,29). The molecule has 5 aliphatic rings. The first-order valence-corrected chi connectivity index (χ1v) is 12.5. The highest BCUT2D eigenvalue weighted by Crippen LogP contribution is 2.61. The van der Waals surface area contributed by atoms with E-state index in [0.29, 0.717) is 17.6 Å². The number of hydrogen-bond donors (Lipinski definition) is 1. The number of ether oxygens (including phenoxy) is 1. The van der Waals surface area contributed by atoms with Crippen LogP contribution in [0, 0.1) is 23.2 Å². The van der Waals surface area contributed by atoms with Gasteiger partial charge in [-0.15, -0.1) is 0 Å². The number of rotatable bonds is 6. The van der Waals surface area contributed by atoms with Gasteiger partial charge in [0.05, 0.1) is 0 Å². The van der Waals surface area contributed by atoms with Crippen LogP contribution in [0.1, 0.15) is 68.1 Å². The molecule has 4 fully saturated rings. The van der Waals surface area contributed by atoms with Crippen LogP contribution >= 0.6 is 0 Å². The molecule has 174 valence electrons. The maximum atomic E-state index is 12.7. The summed E-state index contributed by atoms with van der Waals surface area (Å²) >= 11 is 0. The normalized spacial score (nSPS) is 29.3. The smallest absolute Gasteiger partial charge is 0.336 e. The molecule has 0 atom stereocenters. The number of amides is 1. The van der Waals surface area contributed by atoms with Crippen molar-refractivity contribution in [2.75, 3.05) is 6.54 Å². The van der Waals surface area contributed by atoms with Crippen molar-refractivity contribution in [3.8, 4) is 0 Å². The van der Waals surface area contributed by atoms with Gasteiger partial charge in [-0.1, -0.05) is 0 Å². The van der Waals surface area contributed by atoms with Crippen molar-refractivity contribution in [3.05, 3.63) is 45.3 Å². The molecule has 1 N–H and O–H groups in total. The van der Waals surface area contributed by atoms with Crippen LogP contribution in [0.15, 0.2) is 27.4 Å². The lowest BCUT2D eigenvalue weighted by Crippen LogP contribution is -2.48. The van der Waals surface area contributed by atoms with Crippen LogP contribution in [0.2, 0.25) is 0 Å². The Morgan fingerprint density at radius 3 is 2.36 bits per heavy atom. The van der Waals surface area contributed by atoms with Crippen LogP contribution in [-0.4, -0.2) is 18.4 Å². The zero-order valence-electron chi connectivity index (χ0n) is 19.0. The first-order chi connectivity index (χ1) is 15.9. The van der Waals surface area contributed by atoms with Gasteiger partial charge in [0.25, 0.3) is 0 Å². The number of fused-ring (bicyclic) bond motifs is 2. The Morgan fingerprint density at radius 1 is 1.00 bits per heavy atom. The molecule has 6 heteroatoms. The zero-order chi connectivity index (χ0) is 22.6. The minimum Gasteiger partial charge on any atom is -0.459 e. The van der Waals surface area contributed by atoms with Crippen LogP contribution in [0.4, 0.5) is 0 Å². The van der Waals surface area contributed by atoms with E-state index in [9.17, 15) is 14.4 Å². The van der Waals surface area contributed by atoms with Crippen molar-refractivity contribution >= 4 is 22.8 Å². The molecule has 0 unspecified atom stereocenters. The predicted molar refractivity (Wildman–Crippen MR) is 123 cm³/mol. The third kappa shape index (κ3) is 4.09. The summed E-state index contributed by atoms with van der Waals surface area (Å²) in [6.07, 6.45) is 11.2. The molecule has 1 aromatic carbocycles. The number of carbonyl (C=O) groups is 2. The highest BCUT2D eigenvalue weighted by atomic mass is 16.5. The third-order valence-electron chi connectivity index (χ3n) is 8.56. The maximum absolute atomic E-state index is 12.7. The summed E-state index contributed by atoms with van der Waals surface area (Å²) in [4.78, 5) is 37.0. The molecule has 7 rings (SSSR count). The maximum Gasteiger partial charge on any atom is 0.336 e. The van der Waals surface area contributed by atoms with E-state index in [2.05, 4.69) is 11.4 Å². The molecule has 1 amide bonds. The van der Waals surface area contributed by atoms with Crippen molar-refractivity contribution in [2.24, 2.45) is 23.2 Å². The van der Waals surface area contributed by atoms with E-state index in [0.717, 1.165) is 42.4 Å². The number of esters is 1. The summed E-state index contributed by atoms with van der Waals surface area (Å²) < 4.78 is 10.8. The average molecular weight is 450 g/mol. The van der Waals surface area contributed by atoms with Gasteiger partial charge in [-0.05, 0) is 104 Å². The van der Waals surface area contributed by atoms with Crippen LogP contribution in [0.25, 0.3) is 11.0 Å². The van der Waals surface area contributed by atoms with Crippen LogP contribution in [0.3, 0.4) is 0 Å². The van der Waals surface area contributed by atoms with Gasteiger partial charge in [-0.2, -0.15) is 0 Å². The van der Waals surface area contributed by atoms with Crippen LogP contribution in [-0.2, 0) is 33.8 Å². The van der Waals surface area contributed by atoms with Crippen molar-refractivity contribution in [1.29, 1.82) is 0 Å². The number of aryl methyl sites for hydroxylation is 2. The Hall–Kier alpha value is -2.63. The summed E-state index contributed by atoms with van der Waals surface area (Å²) in [5.74, 6) is 1.86. The minimum atomic E-state index is -0.489. The summed E-state index contributed by atoms with van der Waals surface area (Å²) in [6.45, 7) is -0.148. The average Bonchev–Trinajstić information content (AvgIpc) is 3.20. The SMILES string of the molecule is O=C(CC12CC3CC(CC(C3)C1)C2)NCC(=O)OCc1cc(=O)oc2cc3c(cc12)CCC3. The van der Waals surface area contributed by atoms with Crippen LogP contribution in [0.5, 0.6) is 0 Å². The van der Waals surface area contributed by atoms with E-state index in [1.807, 2.05) is 6.07 Å². The van der Waals surface area contributed by atoms with Crippen molar-refractivity contribution in [2.45, 2.75) is 70.8 Å². The highest BCUT2D eigenvalue weighted by Gasteiger charge is 2.51. The lowest BCUT2D eigenvalue weighted by molar-refractivity contribution is -0.146. The molecule has 5 aliphatic carbocycles. The van der Waals surface area contributed by atoms with Gasteiger partial charge >= 0.3 is 11.6 Å². The fourth-order valence-electron chi connectivity index (χ4n) is 7.70. The quantitative estimate of drug-likeness (QED) is 0.531. The van der Waals surface area contributed by atoms with Gasteiger partial charge < -0.3 is 14.5 Å². The first-order valence-electron chi connectivity index (χ1n) is 12.5. The molecule has 0 aliphatic heterocycles. The molecule has 1 aromatic heterocycles. The molecule has 33 heavy (non-hydrogen) atoms. The highest BCUT2D eigenvalue weighted by molar-refractivity contribution is 5.84. The zero-order valence-corrected chi connectivity index (χ0v) is 19.0. The number of benzene rings is 1. The summed E-state index contributed by atoms with van der Waals surface area (Å²) in [5, 5.41) is 3.60. The summed E-state index contributed by atoms with van der Waals surface area (Å²) in [6, 6.07) is 5.38. The van der Waals surface area contributed by atoms with Crippen molar-refractivity contribution < 1.29 is 18.7 Å². The van der Waals surface area contributed by atoms with Crippen LogP contribution < -0.4 is 10.9 Å². The third-order valence-corrected chi connectivity index (χ3v) is 8.56. The molecular weight excluding hydrogens is 418 g/mol. The lowest BCUT2D eigenvalue weighted by atomic mass is 9.49. The Bertz CT molecular complexity index is 1140. The number of nitrogens with one attached hydrogen (secondary N) is 1. The van der Waals surface area contributed by atoms with E-state index in [4.69, 9.17) is 9.15 Å². The molecule has 2 aromatic rings. The van der Waals surface area contributed by atoms with Gasteiger partial charge in [-0.3, -0.25) is 9.59 Å². The predicted octanol–water partition coefficient (Wildman–Crippen LogP) is 4.05. The van der Waals surface area contributed by atoms with Gasteiger partial charge in [-0.25, -0.2) is 4.79 Å².